The highest BCUT2D eigenvalue weighted by atomic mass is 32.1. The smallest absolute Gasteiger partial charge is 0.269 e. The van der Waals surface area contributed by atoms with E-state index in [0.29, 0.717) is 24.4 Å². The topological polar surface area (TPSA) is 95.8 Å². The van der Waals surface area contributed by atoms with Crippen molar-refractivity contribution >= 4 is 40.5 Å². The third-order valence-electron chi connectivity index (χ3n) is 6.30. The molecular weight excluding hydrogens is 392 g/mol. The first-order valence-electron chi connectivity index (χ1n) is 9.62. The molecule has 2 amide bonds. The van der Waals surface area contributed by atoms with Crippen LogP contribution in [-0.4, -0.2) is 45.9 Å². The van der Waals surface area contributed by atoms with E-state index in [1.165, 1.54) is 17.0 Å². The van der Waals surface area contributed by atoms with Crippen LogP contribution in [0.3, 0.4) is 0 Å². The molecule has 0 aliphatic carbocycles. The Balaban J connectivity index is 1.89. The van der Waals surface area contributed by atoms with Crippen LogP contribution in [0.4, 0.5) is 11.4 Å². The van der Waals surface area contributed by atoms with Gasteiger partial charge in [-0.25, -0.2) is 0 Å². The number of amides is 2. The second-order valence-corrected chi connectivity index (χ2v) is 8.41. The maximum absolute atomic E-state index is 13.7. The number of hydrogen-bond acceptors (Lipinski definition) is 6. The Labute approximate surface area is 173 Å². The molecule has 8 nitrogen and oxygen atoms in total. The fraction of sp³-hybridized carbons (Fsp3) is 0.450. The zero-order chi connectivity index (χ0) is 20.9. The van der Waals surface area contributed by atoms with Gasteiger partial charge in [-0.15, -0.1) is 6.58 Å². The number of fused-ring (bicyclic) bond motifs is 4. The monoisotopic (exact) mass is 414 g/mol. The number of benzene rings is 1. The molecule has 0 aromatic heterocycles. The van der Waals surface area contributed by atoms with Crippen molar-refractivity contribution in [3.8, 4) is 0 Å². The molecule has 1 aromatic carbocycles. The zero-order valence-electron chi connectivity index (χ0n) is 16.1. The molecule has 3 aliphatic heterocycles. The maximum Gasteiger partial charge on any atom is 0.269 e. The van der Waals surface area contributed by atoms with Crippen molar-refractivity contribution in [1.82, 2.24) is 10.2 Å². The van der Waals surface area contributed by atoms with Gasteiger partial charge >= 0.3 is 0 Å². The lowest BCUT2D eigenvalue weighted by Crippen LogP contribution is -2.72. The highest BCUT2D eigenvalue weighted by Gasteiger charge is 2.61. The van der Waals surface area contributed by atoms with Crippen LogP contribution in [0.25, 0.3) is 0 Å². The molecule has 152 valence electrons. The van der Waals surface area contributed by atoms with E-state index >= 15 is 0 Å². The Morgan fingerprint density at radius 1 is 1.45 bits per heavy atom. The van der Waals surface area contributed by atoms with Gasteiger partial charge in [0, 0.05) is 37.3 Å². The van der Waals surface area contributed by atoms with Crippen LogP contribution in [0.1, 0.15) is 25.3 Å². The number of nitrogens with zero attached hydrogens (tertiary/aromatic N) is 3. The van der Waals surface area contributed by atoms with Crippen molar-refractivity contribution in [2.45, 2.75) is 32.2 Å². The Morgan fingerprint density at radius 3 is 2.90 bits per heavy atom. The van der Waals surface area contributed by atoms with E-state index in [1.54, 1.807) is 12.1 Å². The molecule has 3 heterocycles. The van der Waals surface area contributed by atoms with Crippen LogP contribution in [-0.2, 0) is 16.0 Å². The molecule has 1 aromatic rings. The minimum atomic E-state index is -1.37. The fourth-order valence-electron chi connectivity index (χ4n) is 4.87. The molecule has 29 heavy (non-hydrogen) atoms. The Bertz CT molecular complexity index is 948. The largest absolute Gasteiger partial charge is 0.367 e. The number of nitro groups is 1. The molecule has 0 radical (unpaired) electrons. The molecule has 2 saturated heterocycles. The van der Waals surface area contributed by atoms with Crippen LogP contribution in [0.15, 0.2) is 30.9 Å². The number of hydrogen-bond donors (Lipinski definition) is 1. The van der Waals surface area contributed by atoms with Crippen molar-refractivity contribution in [3.63, 3.8) is 0 Å². The van der Waals surface area contributed by atoms with Gasteiger partial charge in [0.25, 0.3) is 5.69 Å². The van der Waals surface area contributed by atoms with Crippen LogP contribution >= 0.6 is 12.2 Å². The number of anilines is 1. The van der Waals surface area contributed by atoms with E-state index in [-0.39, 0.29) is 35.7 Å². The summed E-state index contributed by atoms with van der Waals surface area (Å²) in [6, 6.07) is 4.37. The van der Waals surface area contributed by atoms with Gasteiger partial charge < -0.3 is 10.2 Å². The molecule has 0 unspecified atom stereocenters. The summed E-state index contributed by atoms with van der Waals surface area (Å²) in [6.45, 7) is 6.69. The third-order valence-corrected chi connectivity index (χ3v) is 6.62. The van der Waals surface area contributed by atoms with Gasteiger partial charge in [0.05, 0.1) is 11.0 Å². The van der Waals surface area contributed by atoms with Gasteiger partial charge in [0.2, 0.25) is 11.8 Å². The van der Waals surface area contributed by atoms with Gasteiger partial charge in [0.1, 0.15) is 0 Å². The van der Waals surface area contributed by atoms with Gasteiger partial charge in [-0.3, -0.25) is 24.6 Å². The number of nitro benzene ring substituents is 1. The summed E-state index contributed by atoms with van der Waals surface area (Å²) in [5.74, 6) is -0.420. The summed E-state index contributed by atoms with van der Waals surface area (Å²) >= 11 is 5.22. The minimum Gasteiger partial charge on any atom is -0.367 e. The summed E-state index contributed by atoms with van der Waals surface area (Å²) in [5.41, 5.74) is 0.0780. The Kier molecular flexibility index (Phi) is 4.65. The summed E-state index contributed by atoms with van der Waals surface area (Å²) in [5, 5.41) is 14.1. The number of thiocarbonyl (C=S) groups is 1. The molecule has 3 aliphatic rings. The van der Waals surface area contributed by atoms with E-state index in [1.807, 2.05) is 0 Å². The van der Waals surface area contributed by atoms with Crippen molar-refractivity contribution in [2.24, 2.45) is 11.3 Å². The third kappa shape index (κ3) is 2.83. The molecule has 0 bridgehead atoms. The SMILES string of the molecule is C=CCN1C(=O)[C@]2(Cc3cc([N+](=O)[O-])ccc3N3CC[C@H](C)C[C@@H]32)C(=O)NC1=S. The van der Waals surface area contributed by atoms with Gasteiger partial charge in [-0.1, -0.05) is 13.0 Å². The number of carbonyl (C=O) groups excluding carboxylic acids is 2. The van der Waals surface area contributed by atoms with E-state index in [2.05, 4.69) is 23.7 Å². The molecule has 9 heteroatoms. The van der Waals surface area contributed by atoms with Crippen LogP contribution in [0.5, 0.6) is 0 Å². The minimum absolute atomic E-state index is 0.0511. The molecular formula is C20H22N4O4S. The van der Waals surface area contributed by atoms with Crippen molar-refractivity contribution < 1.29 is 14.5 Å². The summed E-state index contributed by atoms with van der Waals surface area (Å²) < 4.78 is 0. The summed E-state index contributed by atoms with van der Waals surface area (Å²) in [4.78, 5) is 41.3. The van der Waals surface area contributed by atoms with Crippen LogP contribution in [0, 0.1) is 21.4 Å². The first-order chi connectivity index (χ1) is 13.8. The van der Waals surface area contributed by atoms with Gasteiger partial charge in [-0.2, -0.15) is 0 Å². The number of piperidine rings is 1. The average molecular weight is 414 g/mol. The lowest BCUT2D eigenvalue weighted by molar-refractivity contribution is -0.384. The maximum atomic E-state index is 13.7. The number of non-ortho nitro benzene ring substituents is 1. The number of rotatable bonds is 3. The average Bonchev–Trinajstić information content (AvgIpc) is 2.68. The molecule has 0 saturated carbocycles. The van der Waals surface area contributed by atoms with E-state index in [0.717, 1.165) is 12.1 Å². The standard InChI is InChI=1S/C20H22N4O4S/c1-3-7-23-18(26)20(17(25)21-19(23)29)11-13-10-14(24(27)28)4-5-15(13)22-8-6-12(2)9-16(20)22/h3-5,10,12,16H,1,6-9,11H2,2H3,(H,21,25,29)/t12-,16+,20-/m0/s1. The summed E-state index contributed by atoms with van der Waals surface area (Å²) in [7, 11) is 0. The van der Waals surface area contributed by atoms with Crippen molar-refractivity contribution in [2.75, 3.05) is 18.0 Å². The number of nitrogens with one attached hydrogen (secondary N) is 1. The van der Waals surface area contributed by atoms with E-state index < -0.39 is 16.2 Å². The molecule has 1 spiro atoms. The van der Waals surface area contributed by atoms with Crippen molar-refractivity contribution in [1.29, 1.82) is 0 Å². The predicted molar refractivity (Wildman–Crippen MR) is 111 cm³/mol. The molecule has 1 N–H and O–H groups in total. The van der Waals surface area contributed by atoms with E-state index in [4.69, 9.17) is 12.2 Å². The predicted octanol–water partition coefficient (Wildman–Crippen LogP) is 2.17. The second kappa shape index (κ2) is 6.91. The fourth-order valence-corrected chi connectivity index (χ4v) is 5.12. The van der Waals surface area contributed by atoms with Crippen LogP contribution in [0.2, 0.25) is 0 Å². The Morgan fingerprint density at radius 2 is 2.21 bits per heavy atom. The molecule has 2 fully saturated rings. The lowest BCUT2D eigenvalue weighted by Gasteiger charge is -2.55. The van der Waals surface area contributed by atoms with Gasteiger partial charge in [-0.05, 0) is 42.6 Å². The van der Waals surface area contributed by atoms with Crippen LogP contribution < -0.4 is 10.2 Å². The van der Waals surface area contributed by atoms with Gasteiger partial charge in [0.15, 0.2) is 10.5 Å². The number of carbonyl (C=O) groups is 2. The van der Waals surface area contributed by atoms with E-state index in [9.17, 15) is 19.7 Å². The highest BCUT2D eigenvalue weighted by molar-refractivity contribution is 7.80. The first kappa shape index (κ1) is 19.5. The highest BCUT2D eigenvalue weighted by Crippen LogP contribution is 2.49. The zero-order valence-corrected chi connectivity index (χ0v) is 16.9. The second-order valence-electron chi connectivity index (χ2n) is 8.02. The van der Waals surface area contributed by atoms with Crippen molar-refractivity contribution in [3.05, 3.63) is 46.5 Å². The normalized spacial score (nSPS) is 28.7. The first-order valence-corrected chi connectivity index (χ1v) is 10.0. The Hall–Kier alpha value is -2.81. The molecule has 3 atom stereocenters. The summed E-state index contributed by atoms with van der Waals surface area (Å²) in [6.07, 6.45) is 3.29. The lowest BCUT2D eigenvalue weighted by atomic mass is 9.65. The molecule has 4 rings (SSSR count). The quantitative estimate of drug-likeness (QED) is 0.268.